The molecule has 1 amide bonds. The molecule has 0 bridgehead atoms. The van der Waals surface area contributed by atoms with Crippen molar-refractivity contribution in [1.82, 2.24) is 9.80 Å². The van der Waals surface area contributed by atoms with Gasteiger partial charge in [0.15, 0.2) is 0 Å². The smallest absolute Gasteiger partial charge is 0.239 e. The van der Waals surface area contributed by atoms with Crippen LogP contribution in [0.3, 0.4) is 0 Å². The Kier molecular flexibility index (Phi) is 3.89. The van der Waals surface area contributed by atoms with Gasteiger partial charge in [0, 0.05) is 14.1 Å². The van der Waals surface area contributed by atoms with Gasteiger partial charge in [-0.05, 0) is 38.9 Å². The predicted octanol–water partition coefficient (Wildman–Crippen LogP) is -0.256. The van der Waals surface area contributed by atoms with E-state index in [-0.39, 0.29) is 11.9 Å². The van der Waals surface area contributed by atoms with Gasteiger partial charge >= 0.3 is 0 Å². The number of piperidine rings is 1. The van der Waals surface area contributed by atoms with Crippen molar-refractivity contribution in [3.8, 4) is 0 Å². The van der Waals surface area contributed by atoms with Crippen LogP contribution in [-0.4, -0.2) is 56.0 Å². The molecule has 1 saturated heterocycles. The Hall–Kier alpha value is -0.610. The van der Waals surface area contributed by atoms with Gasteiger partial charge < -0.3 is 15.5 Å². The monoisotopic (exact) mass is 199 g/mol. The van der Waals surface area contributed by atoms with Crippen molar-refractivity contribution in [1.29, 1.82) is 0 Å². The second-order valence-electron chi connectivity index (χ2n) is 4.40. The molecule has 2 N–H and O–H groups in total. The molecule has 1 fully saturated rings. The molecule has 1 aliphatic heterocycles. The minimum Gasteiger partial charge on any atom is -0.347 e. The van der Waals surface area contributed by atoms with Crippen molar-refractivity contribution < 1.29 is 4.79 Å². The minimum atomic E-state index is -0.307. The molecule has 1 atom stereocenters. The van der Waals surface area contributed by atoms with E-state index in [9.17, 15) is 4.79 Å². The van der Waals surface area contributed by atoms with E-state index in [2.05, 4.69) is 11.9 Å². The first-order chi connectivity index (χ1) is 6.52. The normalized spacial score (nSPS) is 22.0. The van der Waals surface area contributed by atoms with Crippen molar-refractivity contribution >= 4 is 5.91 Å². The summed E-state index contributed by atoms with van der Waals surface area (Å²) in [5.41, 5.74) is 5.93. The van der Waals surface area contributed by atoms with E-state index in [0.29, 0.717) is 5.92 Å². The predicted molar refractivity (Wildman–Crippen MR) is 56.9 cm³/mol. The minimum absolute atomic E-state index is 0.0551. The summed E-state index contributed by atoms with van der Waals surface area (Å²) in [5, 5.41) is 0. The van der Waals surface area contributed by atoms with Gasteiger partial charge in [-0.3, -0.25) is 4.79 Å². The van der Waals surface area contributed by atoms with Crippen LogP contribution in [0.25, 0.3) is 0 Å². The third kappa shape index (κ3) is 2.69. The highest BCUT2D eigenvalue weighted by molar-refractivity contribution is 5.81. The molecule has 1 heterocycles. The first-order valence-electron chi connectivity index (χ1n) is 5.17. The number of likely N-dealkylation sites (tertiary alicyclic amines) is 1. The van der Waals surface area contributed by atoms with Gasteiger partial charge in [-0.25, -0.2) is 0 Å². The van der Waals surface area contributed by atoms with Crippen LogP contribution in [0.5, 0.6) is 0 Å². The molecule has 82 valence electrons. The summed E-state index contributed by atoms with van der Waals surface area (Å²) in [6, 6.07) is -0.307. The maximum Gasteiger partial charge on any atom is 0.239 e. The number of nitrogens with two attached hydrogens (primary N) is 1. The fourth-order valence-corrected chi connectivity index (χ4v) is 1.89. The molecule has 1 unspecified atom stereocenters. The Bertz CT molecular complexity index is 198. The molecule has 0 spiro atoms. The summed E-state index contributed by atoms with van der Waals surface area (Å²) in [7, 11) is 5.63. The highest BCUT2D eigenvalue weighted by Gasteiger charge is 2.28. The summed E-state index contributed by atoms with van der Waals surface area (Å²) < 4.78 is 0. The Morgan fingerprint density at radius 1 is 1.43 bits per heavy atom. The molecular weight excluding hydrogens is 178 g/mol. The van der Waals surface area contributed by atoms with Crippen LogP contribution in [-0.2, 0) is 4.79 Å². The molecule has 14 heavy (non-hydrogen) atoms. The maximum absolute atomic E-state index is 11.6. The van der Waals surface area contributed by atoms with Gasteiger partial charge in [-0.2, -0.15) is 0 Å². The maximum atomic E-state index is 11.6. The van der Waals surface area contributed by atoms with Gasteiger partial charge in [-0.1, -0.05) is 0 Å². The van der Waals surface area contributed by atoms with Crippen LogP contribution < -0.4 is 5.73 Å². The lowest BCUT2D eigenvalue weighted by Crippen LogP contribution is -2.48. The van der Waals surface area contributed by atoms with Gasteiger partial charge in [-0.15, -0.1) is 0 Å². The fourth-order valence-electron chi connectivity index (χ4n) is 1.89. The molecule has 0 aliphatic carbocycles. The average molecular weight is 199 g/mol. The number of amides is 1. The molecule has 0 saturated carbocycles. The van der Waals surface area contributed by atoms with E-state index in [4.69, 9.17) is 5.73 Å². The lowest BCUT2D eigenvalue weighted by molar-refractivity contribution is -0.131. The zero-order valence-electron chi connectivity index (χ0n) is 9.36. The molecule has 0 aromatic heterocycles. The van der Waals surface area contributed by atoms with Crippen LogP contribution >= 0.6 is 0 Å². The summed E-state index contributed by atoms with van der Waals surface area (Å²) in [4.78, 5) is 15.5. The van der Waals surface area contributed by atoms with Gasteiger partial charge in [0.25, 0.3) is 0 Å². The van der Waals surface area contributed by atoms with Gasteiger partial charge in [0.05, 0.1) is 6.04 Å². The second kappa shape index (κ2) is 4.75. The quantitative estimate of drug-likeness (QED) is 0.667. The molecule has 0 aromatic rings. The zero-order valence-corrected chi connectivity index (χ0v) is 9.36. The number of hydrogen-bond acceptors (Lipinski definition) is 3. The summed E-state index contributed by atoms with van der Waals surface area (Å²) in [6.45, 7) is 2.11. The standard InChI is InChI=1S/C10H21N3O/c1-12(2)10(14)9(11)8-4-6-13(3)7-5-8/h8-9H,4-7,11H2,1-3H3. The average Bonchev–Trinajstić information content (AvgIpc) is 2.16. The molecule has 4 heteroatoms. The molecular formula is C10H21N3O. The number of likely N-dealkylation sites (N-methyl/N-ethyl adjacent to an activating group) is 1. The van der Waals surface area contributed by atoms with Gasteiger partial charge in [0.2, 0.25) is 5.91 Å². The lowest BCUT2D eigenvalue weighted by Gasteiger charge is -2.32. The Balaban J connectivity index is 2.45. The van der Waals surface area contributed by atoms with Crippen molar-refractivity contribution in [2.24, 2.45) is 11.7 Å². The molecule has 0 radical (unpaired) electrons. The van der Waals surface area contributed by atoms with Crippen LogP contribution in [0.2, 0.25) is 0 Å². The topological polar surface area (TPSA) is 49.6 Å². The second-order valence-corrected chi connectivity index (χ2v) is 4.40. The number of carbonyl (C=O) groups is 1. The number of carbonyl (C=O) groups excluding carboxylic acids is 1. The first-order valence-corrected chi connectivity index (χ1v) is 5.17. The largest absolute Gasteiger partial charge is 0.347 e. The van der Waals surface area contributed by atoms with Crippen molar-refractivity contribution in [3.05, 3.63) is 0 Å². The fraction of sp³-hybridized carbons (Fsp3) is 0.900. The van der Waals surface area contributed by atoms with E-state index in [1.165, 1.54) is 0 Å². The molecule has 1 rings (SSSR count). The molecule has 0 aromatic carbocycles. The zero-order chi connectivity index (χ0) is 10.7. The van der Waals surface area contributed by atoms with E-state index in [1.807, 2.05) is 0 Å². The van der Waals surface area contributed by atoms with E-state index >= 15 is 0 Å². The summed E-state index contributed by atoms with van der Waals surface area (Å²) in [5.74, 6) is 0.417. The summed E-state index contributed by atoms with van der Waals surface area (Å²) >= 11 is 0. The number of nitrogens with zero attached hydrogens (tertiary/aromatic N) is 2. The van der Waals surface area contributed by atoms with Gasteiger partial charge in [0.1, 0.15) is 0 Å². The third-order valence-corrected chi connectivity index (χ3v) is 3.00. The Labute approximate surface area is 86.0 Å². The molecule has 1 aliphatic rings. The summed E-state index contributed by atoms with van der Waals surface area (Å²) in [6.07, 6.45) is 2.08. The number of rotatable bonds is 2. The Morgan fingerprint density at radius 2 is 1.93 bits per heavy atom. The van der Waals surface area contributed by atoms with E-state index in [1.54, 1.807) is 19.0 Å². The van der Waals surface area contributed by atoms with Crippen molar-refractivity contribution in [2.45, 2.75) is 18.9 Å². The highest BCUT2D eigenvalue weighted by atomic mass is 16.2. The van der Waals surface area contributed by atoms with Crippen LogP contribution in [0.1, 0.15) is 12.8 Å². The Morgan fingerprint density at radius 3 is 2.36 bits per heavy atom. The number of hydrogen-bond donors (Lipinski definition) is 1. The van der Waals surface area contributed by atoms with Crippen LogP contribution in [0, 0.1) is 5.92 Å². The molecule has 4 nitrogen and oxygen atoms in total. The van der Waals surface area contributed by atoms with Crippen molar-refractivity contribution in [3.63, 3.8) is 0 Å². The SMILES string of the molecule is CN1CCC(C(N)C(=O)N(C)C)CC1. The van der Waals surface area contributed by atoms with Crippen LogP contribution in [0.15, 0.2) is 0 Å². The highest BCUT2D eigenvalue weighted by Crippen LogP contribution is 2.19. The first kappa shape index (κ1) is 11.5. The van der Waals surface area contributed by atoms with Crippen LogP contribution in [0.4, 0.5) is 0 Å². The van der Waals surface area contributed by atoms with Crippen molar-refractivity contribution in [2.75, 3.05) is 34.2 Å². The van der Waals surface area contributed by atoms with E-state index < -0.39 is 0 Å². The third-order valence-electron chi connectivity index (χ3n) is 3.00. The lowest BCUT2D eigenvalue weighted by atomic mass is 9.89. The van der Waals surface area contributed by atoms with E-state index in [0.717, 1.165) is 25.9 Å².